The van der Waals surface area contributed by atoms with Crippen LogP contribution in [0.4, 0.5) is 10.1 Å². The predicted molar refractivity (Wildman–Crippen MR) is 128 cm³/mol. The minimum absolute atomic E-state index is 0.197. The van der Waals surface area contributed by atoms with E-state index in [0.717, 1.165) is 27.1 Å². The van der Waals surface area contributed by atoms with Crippen LogP contribution in [0.5, 0.6) is 0 Å². The quantitative estimate of drug-likeness (QED) is 0.283. The number of carbonyl (C=O) groups is 1. The zero-order valence-electron chi connectivity index (χ0n) is 16.8. The fourth-order valence-electron chi connectivity index (χ4n) is 3.64. The summed E-state index contributed by atoms with van der Waals surface area (Å²) in [4.78, 5) is 15.0. The lowest BCUT2D eigenvalue weighted by molar-refractivity contribution is -0.113. The van der Waals surface area contributed by atoms with E-state index in [2.05, 4.69) is 15.9 Å². The van der Waals surface area contributed by atoms with Crippen LogP contribution in [0.2, 0.25) is 0 Å². The lowest BCUT2D eigenvalue weighted by Crippen LogP contribution is -2.24. The van der Waals surface area contributed by atoms with E-state index in [9.17, 15) is 9.18 Å². The second-order valence-corrected chi connectivity index (χ2v) is 8.24. The van der Waals surface area contributed by atoms with Gasteiger partial charge in [-0.3, -0.25) is 9.69 Å². The Hall–Kier alpha value is -3.70. The van der Waals surface area contributed by atoms with Gasteiger partial charge in [-0.15, -0.1) is 0 Å². The highest BCUT2D eigenvalue weighted by Gasteiger charge is 2.30. The van der Waals surface area contributed by atoms with Crippen molar-refractivity contribution in [2.24, 2.45) is 0 Å². The van der Waals surface area contributed by atoms with Crippen molar-refractivity contribution < 1.29 is 13.6 Å². The number of carbonyl (C=O) groups excluding carboxylic acids is 1. The lowest BCUT2D eigenvalue weighted by atomic mass is 10.1. The Morgan fingerprint density at radius 3 is 2.25 bits per heavy atom. The molecule has 0 bridgehead atoms. The summed E-state index contributed by atoms with van der Waals surface area (Å²) in [6, 6.07) is 27.1. The molecule has 0 saturated carbocycles. The molecule has 0 atom stereocenters. The summed E-state index contributed by atoms with van der Waals surface area (Å²) in [7, 11) is 0. The maximum absolute atomic E-state index is 13.5. The highest BCUT2D eigenvalue weighted by Crippen LogP contribution is 2.35. The second kappa shape index (κ2) is 8.44. The summed E-state index contributed by atoms with van der Waals surface area (Å²) in [5.74, 6) is 0.753. The van der Waals surface area contributed by atoms with Crippen molar-refractivity contribution in [1.82, 2.24) is 0 Å². The van der Waals surface area contributed by atoms with Gasteiger partial charge in [-0.05, 0) is 66.2 Å². The number of halogens is 2. The molecule has 3 nitrogen and oxygen atoms in total. The average Bonchev–Trinajstić information content (AvgIpc) is 3.41. The molecule has 3 aromatic carbocycles. The zero-order valence-corrected chi connectivity index (χ0v) is 18.4. The minimum atomic E-state index is -0.350. The van der Waals surface area contributed by atoms with Crippen molar-refractivity contribution in [3.63, 3.8) is 0 Å². The van der Waals surface area contributed by atoms with Gasteiger partial charge >= 0.3 is 0 Å². The minimum Gasteiger partial charge on any atom is -0.457 e. The Labute approximate surface area is 193 Å². The van der Waals surface area contributed by atoms with Crippen molar-refractivity contribution in [1.29, 1.82) is 0 Å². The van der Waals surface area contributed by atoms with Crippen molar-refractivity contribution >= 4 is 39.3 Å². The molecule has 0 unspecified atom stereocenters. The van der Waals surface area contributed by atoms with E-state index in [4.69, 9.17) is 4.42 Å². The zero-order chi connectivity index (χ0) is 22.1. The first-order valence-electron chi connectivity index (χ1n) is 10.0. The van der Waals surface area contributed by atoms with Gasteiger partial charge in [0.1, 0.15) is 17.3 Å². The summed E-state index contributed by atoms with van der Waals surface area (Å²) < 4.78 is 20.4. The smallest absolute Gasteiger partial charge is 0.263 e. The van der Waals surface area contributed by atoms with Gasteiger partial charge in [-0.2, -0.15) is 0 Å². The highest BCUT2D eigenvalue weighted by atomic mass is 79.9. The van der Waals surface area contributed by atoms with Gasteiger partial charge in [-0.25, -0.2) is 4.39 Å². The van der Waals surface area contributed by atoms with E-state index in [1.807, 2.05) is 72.8 Å². The van der Waals surface area contributed by atoms with Crippen LogP contribution in [0, 0.1) is 5.82 Å². The van der Waals surface area contributed by atoms with Crippen LogP contribution in [0.25, 0.3) is 23.1 Å². The largest absolute Gasteiger partial charge is 0.457 e. The van der Waals surface area contributed by atoms with E-state index in [0.29, 0.717) is 17.0 Å². The molecule has 0 fully saturated rings. The fourth-order valence-corrected chi connectivity index (χ4v) is 3.90. The van der Waals surface area contributed by atoms with Gasteiger partial charge < -0.3 is 4.42 Å². The molecular formula is C27H17BrFNO2. The number of benzene rings is 3. The second-order valence-electron chi connectivity index (χ2n) is 7.32. The van der Waals surface area contributed by atoms with Gasteiger partial charge in [0.25, 0.3) is 5.91 Å². The van der Waals surface area contributed by atoms with Gasteiger partial charge in [0.15, 0.2) is 0 Å². The van der Waals surface area contributed by atoms with Crippen LogP contribution >= 0.6 is 15.9 Å². The number of furan rings is 1. The van der Waals surface area contributed by atoms with E-state index in [-0.39, 0.29) is 11.7 Å². The number of nitrogens with zero attached hydrogens (tertiary/aromatic N) is 1. The molecule has 1 aromatic heterocycles. The molecule has 0 spiro atoms. The molecule has 32 heavy (non-hydrogen) atoms. The van der Waals surface area contributed by atoms with Crippen molar-refractivity contribution in [2.45, 2.75) is 0 Å². The highest BCUT2D eigenvalue weighted by molar-refractivity contribution is 9.10. The SMILES string of the molecule is O=C1/C(=C/c2ccc(-c3ccc(Br)cc3)o2)C=C(c2ccccc2)N1c1ccc(F)cc1. The van der Waals surface area contributed by atoms with E-state index in [1.165, 1.54) is 12.1 Å². The molecule has 5 heteroatoms. The molecule has 0 saturated heterocycles. The number of hydrogen-bond donors (Lipinski definition) is 0. The van der Waals surface area contributed by atoms with Gasteiger partial charge in [0, 0.05) is 21.3 Å². The lowest BCUT2D eigenvalue weighted by Gasteiger charge is -2.20. The van der Waals surface area contributed by atoms with Gasteiger partial charge in [0.05, 0.1) is 5.70 Å². The monoisotopic (exact) mass is 485 g/mol. The van der Waals surface area contributed by atoms with Crippen molar-refractivity contribution in [3.8, 4) is 11.3 Å². The normalized spacial score (nSPS) is 14.8. The van der Waals surface area contributed by atoms with Crippen molar-refractivity contribution in [2.75, 3.05) is 4.90 Å². The summed E-state index contributed by atoms with van der Waals surface area (Å²) in [6.45, 7) is 0. The number of hydrogen-bond acceptors (Lipinski definition) is 2. The van der Waals surface area contributed by atoms with E-state index < -0.39 is 0 Å². The third-order valence-corrected chi connectivity index (χ3v) is 5.72. The number of rotatable bonds is 4. The van der Waals surface area contributed by atoms with Gasteiger partial charge in [-0.1, -0.05) is 58.4 Å². The third kappa shape index (κ3) is 3.95. The third-order valence-electron chi connectivity index (χ3n) is 5.19. The van der Waals surface area contributed by atoms with Crippen molar-refractivity contribution in [3.05, 3.63) is 124 Å². The molecule has 1 amide bonds. The van der Waals surface area contributed by atoms with E-state index >= 15 is 0 Å². The van der Waals surface area contributed by atoms with E-state index in [1.54, 1.807) is 23.1 Å². The maximum atomic E-state index is 13.5. The molecule has 0 radical (unpaired) electrons. The summed E-state index contributed by atoms with van der Waals surface area (Å²) >= 11 is 3.43. The first kappa shape index (κ1) is 20.2. The molecule has 0 N–H and O–H groups in total. The fraction of sp³-hybridized carbons (Fsp3) is 0. The Morgan fingerprint density at radius 1 is 0.812 bits per heavy atom. The molecule has 4 aromatic rings. The molecule has 156 valence electrons. The first-order valence-corrected chi connectivity index (χ1v) is 10.8. The molecule has 0 aliphatic carbocycles. The van der Waals surface area contributed by atoms with Crippen LogP contribution in [0.3, 0.4) is 0 Å². The topological polar surface area (TPSA) is 33.5 Å². The Morgan fingerprint density at radius 2 is 1.53 bits per heavy atom. The Kier molecular flexibility index (Phi) is 5.33. The predicted octanol–water partition coefficient (Wildman–Crippen LogP) is 7.32. The molecule has 2 heterocycles. The maximum Gasteiger partial charge on any atom is 0.263 e. The molecule has 1 aliphatic rings. The summed E-state index contributed by atoms with van der Waals surface area (Å²) in [6.07, 6.45) is 3.57. The van der Waals surface area contributed by atoms with Crippen LogP contribution < -0.4 is 4.90 Å². The average molecular weight is 486 g/mol. The van der Waals surface area contributed by atoms with Crippen LogP contribution in [0.15, 0.2) is 112 Å². The molecule has 5 rings (SSSR count). The van der Waals surface area contributed by atoms with Crippen LogP contribution in [0.1, 0.15) is 11.3 Å². The Bertz CT molecular complexity index is 1340. The first-order chi connectivity index (χ1) is 15.6. The molecular weight excluding hydrogens is 469 g/mol. The van der Waals surface area contributed by atoms with Crippen LogP contribution in [-0.2, 0) is 4.79 Å². The summed E-state index contributed by atoms with van der Waals surface area (Å²) in [5.41, 5.74) is 3.66. The number of amides is 1. The Balaban J connectivity index is 1.53. The van der Waals surface area contributed by atoms with Gasteiger partial charge in [0.2, 0.25) is 0 Å². The number of anilines is 1. The molecule has 1 aliphatic heterocycles. The standard InChI is InChI=1S/C27H17BrFNO2/c28-21-8-6-19(7-9-21)26-15-14-24(32-26)16-20-17-25(18-4-2-1-3-5-18)30(27(20)31)23-12-10-22(29)11-13-23/h1-17H/b20-16+. The summed E-state index contributed by atoms with van der Waals surface area (Å²) in [5, 5.41) is 0. The van der Waals surface area contributed by atoms with Crippen LogP contribution in [-0.4, -0.2) is 5.91 Å².